The first-order valence-electron chi connectivity index (χ1n) is 5.12. The van der Waals surface area contributed by atoms with Gasteiger partial charge in [0, 0.05) is 17.5 Å². The van der Waals surface area contributed by atoms with Crippen LogP contribution < -0.4 is 5.32 Å². The Balaban J connectivity index is 2.01. The van der Waals surface area contributed by atoms with Crippen LogP contribution in [-0.4, -0.2) is 15.3 Å². The average Bonchev–Trinajstić information content (AvgIpc) is 2.77. The van der Waals surface area contributed by atoms with E-state index in [1.165, 1.54) is 16.9 Å². The standard InChI is InChI=1S/C12H11IN2OS/c13-7-11(16)15-12-14-8-10(17-12)6-9-4-2-1-3-5-9/h1-5,8H,6-7H2,(H,14,15,16). The van der Waals surface area contributed by atoms with Crippen LogP contribution in [0.4, 0.5) is 5.13 Å². The highest BCUT2D eigenvalue weighted by Gasteiger charge is 2.05. The van der Waals surface area contributed by atoms with Gasteiger partial charge in [-0.15, -0.1) is 11.3 Å². The summed E-state index contributed by atoms with van der Waals surface area (Å²) in [6.45, 7) is 0. The molecule has 1 aromatic heterocycles. The van der Waals surface area contributed by atoms with Crippen molar-refractivity contribution in [3.8, 4) is 0 Å². The number of alkyl halides is 1. The van der Waals surface area contributed by atoms with Gasteiger partial charge in [-0.05, 0) is 5.56 Å². The summed E-state index contributed by atoms with van der Waals surface area (Å²) < 4.78 is 0.450. The number of nitrogens with zero attached hydrogens (tertiary/aromatic N) is 1. The lowest BCUT2D eigenvalue weighted by Crippen LogP contribution is -2.11. The number of anilines is 1. The van der Waals surface area contributed by atoms with Gasteiger partial charge in [0.05, 0.1) is 4.43 Å². The first-order chi connectivity index (χ1) is 8.28. The molecule has 0 spiro atoms. The number of hydrogen-bond acceptors (Lipinski definition) is 3. The minimum Gasteiger partial charge on any atom is -0.301 e. The van der Waals surface area contributed by atoms with E-state index in [-0.39, 0.29) is 5.91 Å². The lowest BCUT2D eigenvalue weighted by molar-refractivity contribution is -0.113. The van der Waals surface area contributed by atoms with Gasteiger partial charge in [0.2, 0.25) is 5.91 Å². The van der Waals surface area contributed by atoms with Crippen LogP contribution in [0.15, 0.2) is 36.5 Å². The quantitative estimate of drug-likeness (QED) is 0.674. The second kappa shape index (κ2) is 6.11. The third kappa shape index (κ3) is 3.78. The van der Waals surface area contributed by atoms with E-state index in [4.69, 9.17) is 0 Å². The maximum Gasteiger partial charge on any atom is 0.235 e. The minimum absolute atomic E-state index is 0.00814. The molecule has 88 valence electrons. The van der Waals surface area contributed by atoms with E-state index in [0.29, 0.717) is 9.56 Å². The van der Waals surface area contributed by atoms with Gasteiger partial charge < -0.3 is 5.32 Å². The molecule has 0 unspecified atom stereocenters. The lowest BCUT2D eigenvalue weighted by Gasteiger charge is -1.97. The number of aromatic nitrogens is 1. The molecule has 0 fully saturated rings. The average molecular weight is 358 g/mol. The van der Waals surface area contributed by atoms with Crippen LogP contribution in [0.5, 0.6) is 0 Å². The van der Waals surface area contributed by atoms with E-state index < -0.39 is 0 Å². The molecule has 0 saturated carbocycles. The molecule has 0 atom stereocenters. The predicted molar refractivity (Wildman–Crippen MR) is 78.9 cm³/mol. The van der Waals surface area contributed by atoms with Gasteiger partial charge in [-0.1, -0.05) is 52.9 Å². The fraction of sp³-hybridized carbons (Fsp3) is 0.167. The van der Waals surface area contributed by atoms with Gasteiger partial charge >= 0.3 is 0 Å². The highest BCUT2D eigenvalue weighted by molar-refractivity contribution is 14.1. The number of carbonyl (C=O) groups excluding carboxylic acids is 1. The van der Waals surface area contributed by atoms with E-state index in [2.05, 4.69) is 22.4 Å². The number of amides is 1. The monoisotopic (exact) mass is 358 g/mol. The Kier molecular flexibility index (Phi) is 4.49. The number of benzene rings is 1. The molecule has 17 heavy (non-hydrogen) atoms. The van der Waals surface area contributed by atoms with Gasteiger partial charge in [0.15, 0.2) is 5.13 Å². The fourth-order valence-corrected chi connectivity index (χ4v) is 2.45. The molecule has 1 aromatic carbocycles. The number of hydrogen-bond donors (Lipinski definition) is 1. The van der Waals surface area contributed by atoms with Crippen LogP contribution >= 0.6 is 33.9 Å². The molecule has 1 amide bonds. The highest BCUT2D eigenvalue weighted by Crippen LogP contribution is 2.21. The van der Waals surface area contributed by atoms with Crippen molar-refractivity contribution in [2.45, 2.75) is 6.42 Å². The molecule has 1 heterocycles. The van der Waals surface area contributed by atoms with Crippen molar-refractivity contribution in [1.82, 2.24) is 4.98 Å². The molecule has 0 aliphatic heterocycles. The summed E-state index contributed by atoms with van der Waals surface area (Å²) in [6, 6.07) is 10.2. The summed E-state index contributed by atoms with van der Waals surface area (Å²) in [5.41, 5.74) is 1.25. The van der Waals surface area contributed by atoms with Crippen molar-refractivity contribution in [2.75, 3.05) is 9.74 Å². The lowest BCUT2D eigenvalue weighted by atomic mass is 10.1. The zero-order chi connectivity index (χ0) is 12.1. The second-order valence-electron chi connectivity index (χ2n) is 3.48. The Hall–Kier alpha value is -0.950. The summed E-state index contributed by atoms with van der Waals surface area (Å²) >= 11 is 3.56. The first-order valence-corrected chi connectivity index (χ1v) is 7.46. The van der Waals surface area contributed by atoms with E-state index in [0.717, 1.165) is 11.3 Å². The van der Waals surface area contributed by atoms with Crippen molar-refractivity contribution in [1.29, 1.82) is 0 Å². The first kappa shape index (κ1) is 12.5. The third-order valence-electron chi connectivity index (χ3n) is 2.14. The topological polar surface area (TPSA) is 42.0 Å². The molecule has 2 rings (SSSR count). The normalized spacial score (nSPS) is 10.2. The van der Waals surface area contributed by atoms with Crippen molar-refractivity contribution >= 4 is 45.0 Å². The largest absolute Gasteiger partial charge is 0.301 e. The molecular weight excluding hydrogens is 347 g/mol. The molecule has 0 saturated heterocycles. The van der Waals surface area contributed by atoms with Crippen molar-refractivity contribution in [2.24, 2.45) is 0 Å². The molecule has 2 aromatic rings. The van der Waals surface area contributed by atoms with Gasteiger partial charge in [0.25, 0.3) is 0 Å². The Morgan fingerprint density at radius 3 is 2.82 bits per heavy atom. The maximum atomic E-state index is 11.2. The summed E-state index contributed by atoms with van der Waals surface area (Å²) in [6.07, 6.45) is 2.68. The maximum absolute atomic E-state index is 11.2. The SMILES string of the molecule is O=C(CI)Nc1ncc(Cc2ccccc2)s1. The van der Waals surface area contributed by atoms with Crippen LogP contribution in [0.2, 0.25) is 0 Å². The van der Waals surface area contributed by atoms with Crippen LogP contribution in [0.1, 0.15) is 10.4 Å². The number of carbonyl (C=O) groups is 1. The van der Waals surface area contributed by atoms with Crippen molar-refractivity contribution in [3.63, 3.8) is 0 Å². The summed E-state index contributed by atoms with van der Waals surface area (Å²) in [5, 5.41) is 3.44. The number of rotatable bonds is 4. The summed E-state index contributed by atoms with van der Waals surface area (Å²) in [7, 11) is 0. The molecule has 0 radical (unpaired) electrons. The van der Waals surface area contributed by atoms with Crippen molar-refractivity contribution < 1.29 is 4.79 Å². The predicted octanol–water partition coefficient (Wildman–Crippen LogP) is 3.11. The molecule has 5 heteroatoms. The Morgan fingerprint density at radius 2 is 2.12 bits per heavy atom. The van der Waals surface area contributed by atoms with E-state index >= 15 is 0 Å². The smallest absolute Gasteiger partial charge is 0.235 e. The van der Waals surface area contributed by atoms with Crippen LogP contribution in [0.3, 0.4) is 0 Å². The highest BCUT2D eigenvalue weighted by atomic mass is 127. The van der Waals surface area contributed by atoms with E-state index in [1.807, 2.05) is 47.0 Å². The van der Waals surface area contributed by atoms with Gasteiger partial charge in [-0.3, -0.25) is 4.79 Å². The number of nitrogens with one attached hydrogen (secondary N) is 1. The van der Waals surface area contributed by atoms with Gasteiger partial charge in [-0.2, -0.15) is 0 Å². The molecule has 0 bridgehead atoms. The van der Waals surface area contributed by atoms with Crippen LogP contribution in [0, 0.1) is 0 Å². The Labute approximate surface area is 117 Å². The molecule has 0 aliphatic rings. The minimum atomic E-state index is -0.00814. The Bertz CT molecular complexity index is 498. The van der Waals surface area contributed by atoms with Gasteiger partial charge in [0.1, 0.15) is 0 Å². The van der Waals surface area contributed by atoms with E-state index in [9.17, 15) is 4.79 Å². The number of halogens is 1. The fourth-order valence-electron chi connectivity index (χ4n) is 1.40. The second-order valence-corrected chi connectivity index (χ2v) is 5.35. The Morgan fingerprint density at radius 1 is 1.35 bits per heavy atom. The third-order valence-corrected chi connectivity index (χ3v) is 3.75. The van der Waals surface area contributed by atoms with E-state index in [1.54, 1.807) is 0 Å². The molecule has 0 aliphatic carbocycles. The zero-order valence-corrected chi connectivity index (χ0v) is 12.0. The molecule has 3 nitrogen and oxygen atoms in total. The molecule has 1 N–H and O–H groups in total. The molecular formula is C12H11IN2OS. The number of thiazole rings is 1. The zero-order valence-electron chi connectivity index (χ0n) is 9.02. The van der Waals surface area contributed by atoms with Crippen molar-refractivity contribution in [3.05, 3.63) is 47.0 Å². The van der Waals surface area contributed by atoms with Crippen LogP contribution in [-0.2, 0) is 11.2 Å². The summed E-state index contributed by atoms with van der Waals surface area (Å²) in [5.74, 6) is -0.00814. The van der Waals surface area contributed by atoms with Gasteiger partial charge in [-0.25, -0.2) is 4.98 Å². The van der Waals surface area contributed by atoms with Crippen LogP contribution in [0.25, 0.3) is 0 Å². The summed E-state index contributed by atoms with van der Waals surface area (Å²) in [4.78, 5) is 16.5.